The highest BCUT2D eigenvalue weighted by molar-refractivity contribution is 6.25. The maximum atomic E-state index is 13.1. The van der Waals surface area contributed by atoms with Gasteiger partial charge in [-0.3, -0.25) is 9.59 Å². The molecule has 0 radical (unpaired) electrons. The lowest BCUT2D eigenvalue weighted by Crippen LogP contribution is -2.38. The van der Waals surface area contributed by atoms with Crippen molar-refractivity contribution in [2.24, 2.45) is 10.8 Å². The van der Waals surface area contributed by atoms with E-state index in [2.05, 4.69) is 0 Å². The van der Waals surface area contributed by atoms with Gasteiger partial charge in [-0.05, 0) is 45.4 Å². The van der Waals surface area contributed by atoms with E-state index in [1.54, 1.807) is 0 Å². The van der Waals surface area contributed by atoms with Crippen LogP contribution in [-0.2, 0) is 15.8 Å². The molecule has 1 atom stereocenters. The number of imide groups is 1. The lowest BCUT2D eigenvalue weighted by Gasteiger charge is -2.32. The van der Waals surface area contributed by atoms with Gasteiger partial charge in [-0.15, -0.1) is 0 Å². The fourth-order valence-electron chi connectivity index (χ4n) is 3.00. The van der Waals surface area contributed by atoms with Crippen LogP contribution in [0.5, 0.6) is 0 Å². The summed E-state index contributed by atoms with van der Waals surface area (Å²) in [4.78, 5) is 26.2. The minimum Gasteiger partial charge on any atom is -0.396 e. The van der Waals surface area contributed by atoms with Crippen LogP contribution in [0.15, 0.2) is 18.2 Å². The van der Waals surface area contributed by atoms with Crippen molar-refractivity contribution in [2.45, 2.75) is 33.4 Å². The first-order chi connectivity index (χ1) is 11.4. The number of carbonyl (C=O) groups is 2. The second-order valence-corrected chi connectivity index (χ2v) is 6.72. The van der Waals surface area contributed by atoms with Crippen LogP contribution in [0.3, 0.4) is 0 Å². The third-order valence-electron chi connectivity index (χ3n) is 5.09. The number of nitriles is 1. The number of anilines is 1. The average Bonchev–Trinajstić information content (AvgIpc) is 2.65. The second kappa shape index (κ2) is 5.85. The molecule has 1 heterocycles. The third-order valence-corrected chi connectivity index (χ3v) is 5.09. The Labute approximate surface area is 142 Å². The van der Waals surface area contributed by atoms with E-state index in [1.165, 1.54) is 26.8 Å². The molecule has 1 unspecified atom stereocenters. The van der Waals surface area contributed by atoms with Crippen LogP contribution in [0, 0.1) is 22.2 Å². The SMILES string of the molecule is CC1(C)C(=O)N(c2ccc(C#N)c(C(F)(F)F)c2)C(=O)C1(C)CCO. The van der Waals surface area contributed by atoms with E-state index in [4.69, 9.17) is 5.26 Å². The first-order valence-electron chi connectivity index (χ1n) is 7.53. The highest BCUT2D eigenvalue weighted by atomic mass is 19.4. The number of hydrogen-bond donors (Lipinski definition) is 1. The number of aliphatic hydroxyl groups excluding tert-OH is 1. The van der Waals surface area contributed by atoms with E-state index >= 15 is 0 Å². The van der Waals surface area contributed by atoms with Gasteiger partial charge in [0, 0.05) is 6.61 Å². The molecular formula is C17H17F3N2O3. The van der Waals surface area contributed by atoms with Gasteiger partial charge in [-0.2, -0.15) is 18.4 Å². The Bertz CT molecular complexity index is 780. The molecule has 0 aromatic heterocycles. The van der Waals surface area contributed by atoms with Gasteiger partial charge < -0.3 is 5.11 Å². The Balaban J connectivity index is 2.62. The largest absolute Gasteiger partial charge is 0.417 e. The quantitative estimate of drug-likeness (QED) is 0.847. The van der Waals surface area contributed by atoms with Gasteiger partial charge in [-0.25, -0.2) is 4.90 Å². The zero-order chi connectivity index (χ0) is 19.2. The van der Waals surface area contributed by atoms with Gasteiger partial charge in [0.15, 0.2) is 0 Å². The van der Waals surface area contributed by atoms with E-state index in [9.17, 15) is 27.9 Å². The number of benzene rings is 1. The minimum absolute atomic E-state index is 0.00345. The Hall–Kier alpha value is -2.40. The fraction of sp³-hybridized carbons (Fsp3) is 0.471. The molecule has 5 nitrogen and oxygen atoms in total. The highest BCUT2D eigenvalue weighted by Gasteiger charge is 2.61. The molecule has 0 aliphatic carbocycles. The number of halogens is 3. The molecule has 1 aliphatic heterocycles. The molecule has 1 saturated heterocycles. The van der Waals surface area contributed by atoms with Crippen LogP contribution < -0.4 is 4.90 Å². The number of amides is 2. The molecule has 25 heavy (non-hydrogen) atoms. The van der Waals surface area contributed by atoms with Crippen molar-refractivity contribution < 1.29 is 27.9 Å². The number of nitrogens with zero attached hydrogens (tertiary/aromatic N) is 2. The molecule has 2 rings (SSSR count). The Kier molecular flexibility index (Phi) is 4.43. The van der Waals surface area contributed by atoms with E-state index in [1.807, 2.05) is 0 Å². The third kappa shape index (κ3) is 2.68. The number of carbonyl (C=O) groups excluding carboxylic acids is 2. The number of alkyl halides is 3. The van der Waals surface area contributed by atoms with Gasteiger partial charge in [-0.1, -0.05) is 0 Å². The molecule has 134 valence electrons. The van der Waals surface area contributed by atoms with Crippen LogP contribution in [0.25, 0.3) is 0 Å². The molecule has 0 saturated carbocycles. The van der Waals surface area contributed by atoms with Crippen LogP contribution >= 0.6 is 0 Å². The van der Waals surface area contributed by atoms with Crippen molar-refractivity contribution in [3.05, 3.63) is 29.3 Å². The molecular weight excluding hydrogens is 337 g/mol. The molecule has 0 spiro atoms. The van der Waals surface area contributed by atoms with E-state index < -0.39 is 39.9 Å². The minimum atomic E-state index is -4.79. The summed E-state index contributed by atoms with van der Waals surface area (Å²) in [6, 6.07) is 4.17. The second-order valence-electron chi connectivity index (χ2n) is 6.72. The van der Waals surface area contributed by atoms with Gasteiger partial charge in [0.25, 0.3) is 0 Å². The van der Waals surface area contributed by atoms with Crippen molar-refractivity contribution in [3.63, 3.8) is 0 Å². The average molecular weight is 354 g/mol. The molecule has 1 aromatic carbocycles. The van der Waals surface area contributed by atoms with Crippen LogP contribution in [0.4, 0.5) is 18.9 Å². The summed E-state index contributed by atoms with van der Waals surface area (Å²) in [5.74, 6) is -1.32. The normalized spacial score (nSPS) is 23.0. The lowest BCUT2D eigenvalue weighted by molar-refractivity contribution is -0.138. The Morgan fingerprint density at radius 1 is 1.20 bits per heavy atom. The van der Waals surface area contributed by atoms with Crippen molar-refractivity contribution in [1.29, 1.82) is 5.26 Å². The monoisotopic (exact) mass is 354 g/mol. The summed E-state index contributed by atoms with van der Waals surface area (Å²) in [6.45, 7) is 4.22. The first kappa shape index (κ1) is 18.9. The fourth-order valence-corrected chi connectivity index (χ4v) is 3.00. The van der Waals surface area contributed by atoms with Crippen molar-refractivity contribution in [3.8, 4) is 6.07 Å². The smallest absolute Gasteiger partial charge is 0.396 e. The van der Waals surface area contributed by atoms with Crippen molar-refractivity contribution >= 4 is 17.5 Å². The number of aliphatic hydroxyl groups is 1. The number of rotatable bonds is 3. The van der Waals surface area contributed by atoms with E-state index in [0.717, 1.165) is 12.1 Å². The molecule has 1 aromatic rings. The molecule has 1 fully saturated rings. The Morgan fingerprint density at radius 3 is 2.28 bits per heavy atom. The summed E-state index contributed by atoms with van der Waals surface area (Å²) < 4.78 is 39.4. The summed E-state index contributed by atoms with van der Waals surface area (Å²) in [5.41, 5.74) is -4.48. The molecule has 1 aliphatic rings. The van der Waals surface area contributed by atoms with Gasteiger partial charge >= 0.3 is 6.18 Å². The maximum Gasteiger partial charge on any atom is 0.417 e. The standard InChI is InChI=1S/C17H17F3N2O3/c1-15(2)13(24)22(14(25)16(15,3)6-7-23)11-5-4-10(9-21)12(8-11)17(18,19)20/h4-5,8,23H,6-7H2,1-3H3. The molecule has 0 bridgehead atoms. The van der Waals surface area contributed by atoms with E-state index in [0.29, 0.717) is 11.0 Å². The number of hydrogen-bond acceptors (Lipinski definition) is 4. The predicted octanol–water partition coefficient (Wildman–Crippen LogP) is 2.87. The summed E-state index contributed by atoms with van der Waals surface area (Å²) >= 11 is 0. The van der Waals surface area contributed by atoms with Crippen LogP contribution in [-0.4, -0.2) is 23.5 Å². The Morgan fingerprint density at radius 2 is 1.80 bits per heavy atom. The topological polar surface area (TPSA) is 81.4 Å². The maximum absolute atomic E-state index is 13.1. The molecule has 1 N–H and O–H groups in total. The zero-order valence-electron chi connectivity index (χ0n) is 13.9. The summed E-state index contributed by atoms with van der Waals surface area (Å²) in [6.07, 6.45) is -4.79. The first-order valence-corrected chi connectivity index (χ1v) is 7.53. The molecule has 8 heteroatoms. The summed E-state index contributed by atoms with van der Waals surface area (Å²) in [7, 11) is 0. The van der Waals surface area contributed by atoms with Crippen LogP contribution in [0.2, 0.25) is 0 Å². The van der Waals surface area contributed by atoms with Gasteiger partial charge in [0.05, 0.1) is 33.7 Å². The van der Waals surface area contributed by atoms with Gasteiger partial charge in [0.2, 0.25) is 11.8 Å². The van der Waals surface area contributed by atoms with Crippen molar-refractivity contribution in [2.75, 3.05) is 11.5 Å². The summed E-state index contributed by atoms with van der Waals surface area (Å²) in [5, 5.41) is 18.1. The molecule has 2 amide bonds. The van der Waals surface area contributed by atoms with E-state index in [-0.39, 0.29) is 18.7 Å². The highest BCUT2D eigenvalue weighted by Crippen LogP contribution is 2.51. The lowest BCUT2D eigenvalue weighted by atomic mass is 9.67. The van der Waals surface area contributed by atoms with Crippen LogP contribution in [0.1, 0.15) is 38.3 Å². The zero-order valence-corrected chi connectivity index (χ0v) is 13.9. The van der Waals surface area contributed by atoms with Gasteiger partial charge in [0.1, 0.15) is 0 Å². The van der Waals surface area contributed by atoms with Crippen molar-refractivity contribution in [1.82, 2.24) is 0 Å². The predicted molar refractivity (Wildman–Crippen MR) is 82.2 cm³/mol.